The summed E-state index contributed by atoms with van der Waals surface area (Å²) in [5.41, 5.74) is 14.9. The van der Waals surface area contributed by atoms with Crippen molar-refractivity contribution in [2.45, 2.75) is 240 Å². The number of aliphatic hydroxyl groups is 1. The van der Waals surface area contributed by atoms with Gasteiger partial charge >= 0.3 is 11.9 Å². The number of benzene rings is 3. The van der Waals surface area contributed by atoms with E-state index in [-0.39, 0.29) is 111 Å². The van der Waals surface area contributed by atoms with Crippen molar-refractivity contribution in [1.29, 1.82) is 0 Å². The summed E-state index contributed by atoms with van der Waals surface area (Å²) in [6, 6.07) is 16.5. The van der Waals surface area contributed by atoms with Crippen LogP contribution in [0.15, 0.2) is 42.5 Å². The molecule has 9 atom stereocenters. The van der Waals surface area contributed by atoms with Crippen molar-refractivity contribution in [3.63, 3.8) is 0 Å². The summed E-state index contributed by atoms with van der Waals surface area (Å²) >= 11 is 0. The van der Waals surface area contributed by atoms with Gasteiger partial charge < -0.3 is 24.2 Å². The van der Waals surface area contributed by atoms with Crippen LogP contribution in [0.1, 0.15) is 252 Å². The fourth-order valence-electron chi connectivity index (χ4n) is 16.4. The average Bonchev–Trinajstić information content (AvgIpc) is 3.36. The van der Waals surface area contributed by atoms with Crippen molar-refractivity contribution >= 4 is 30.3 Å². The third kappa shape index (κ3) is 12.8. The molecule has 9 unspecified atom stereocenters. The summed E-state index contributed by atoms with van der Waals surface area (Å²) in [4.78, 5) is 55.2. The van der Waals surface area contributed by atoms with E-state index < -0.39 is 11.9 Å². The van der Waals surface area contributed by atoms with Gasteiger partial charge in [0.1, 0.15) is 12.2 Å². The summed E-state index contributed by atoms with van der Waals surface area (Å²) < 4.78 is 9.36. The number of aryl methyl sites for hydroxylation is 3. The zero-order valence-electron chi connectivity index (χ0n) is 49.7. The zero-order chi connectivity index (χ0) is 55.1. The standard InChI is InChI=1S/C23H34O2.C21H29O2.C20H27O.C3H2O3.2Y/c1-15(2)19-12-17-8-9-21-22(4,16(3)24)10-7-11-23(21,5)20(17)13-18(19)14-25-6;1-14(2)17-10-15-6-7-19-20(3,13-23)8-5-9-21(19,4)18(15)11-16(17)12-22;1-14(2)15-6-8-17-16(12-15)7-9-18-19(3,13-21)10-5-11-20(17,18)4;4-2-1-3(5)6-2;;/h12-13,15,21H,7-11,14H2,1-6H3;10-11,14,19,22H,5-9,12H2,1-4H3;6,8,12,14,18H,5,7,9-11H2,1-4H3;1H2;;/q;2*-1;;;. The molecule has 2 radical (unpaired) electrons. The molecular weight excluding hydrogens is 1110 g/mol. The molecule has 0 bridgehead atoms. The Morgan fingerprint density at radius 2 is 1.03 bits per heavy atom. The number of carbonyl (C=O) groups excluding carboxylic acids is 5. The topological polar surface area (TPSA) is 124 Å². The molecule has 7 aliphatic rings. The van der Waals surface area contributed by atoms with Gasteiger partial charge in [-0.1, -0.05) is 169 Å². The van der Waals surface area contributed by atoms with Gasteiger partial charge in [-0.05, 0) is 172 Å². The summed E-state index contributed by atoms with van der Waals surface area (Å²) in [5.74, 6) is 2.34. The maximum Gasteiger partial charge on any atom is 0.324 e. The zero-order valence-corrected chi connectivity index (χ0v) is 55.4. The first kappa shape index (κ1) is 65.7. The van der Waals surface area contributed by atoms with Crippen LogP contribution in [0.3, 0.4) is 0 Å². The number of hydrogen-bond acceptors (Lipinski definition) is 8. The van der Waals surface area contributed by atoms with Crippen LogP contribution < -0.4 is 0 Å². The molecule has 1 N–H and O–H groups in total. The largest absolute Gasteiger partial charge is 0.541 e. The molecule has 0 amide bonds. The fourth-order valence-corrected chi connectivity index (χ4v) is 16.4. The van der Waals surface area contributed by atoms with Gasteiger partial charge in [0.2, 0.25) is 0 Å². The molecule has 4 fully saturated rings. The Labute approximate surface area is 514 Å². The maximum absolute atomic E-state index is 12.5. The monoisotopic (exact) mass is 1200 g/mol. The van der Waals surface area contributed by atoms with Crippen LogP contribution >= 0.6 is 0 Å². The van der Waals surface area contributed by atoms with E-state index in [9.17, 15) is 29.1 Å². The van der Waals surface area contributed by atoms with Crippen molar-refractivity contribution in [1.82, 2.24) is 0 Å². The van der Waals surface area contributed by atoms with E-state index in [1.54, 1.807) is 14.0 Å². The number of esters is 2. The van der Waals surface area contributed by atoms with Crippen molar-refractivity contribution in [3.8, 4) is 0 Å². The number of carbonyl (C=O) groups is 3. The third-order valence-electron chi connectivity index (χ3n) is 20.8. The molecule has 1 saturated heterocycles. The molecule has 77 heavy (non-hydrogen) atoms. The molecular formula is C67H92O8Y2-2. The smallest absolute Gasteiger partial charge is 0.324 e. The molecule has 416 valence electrons. The molecule has 10 rings (SSSR count). The molecule has 0 aromatic heterocycles. The molecule has 8 nitrogen and oxygen atoms in total. The van der Waals surface area contributed by atoms with Crippen LogP contribution in [0.2, 0.25) is 0 Å². The molecule has 10 heteroatoms. The van der Waals surface area contributed by atoms with Gasteiger partial charge in [-0.2, -0.15) is 0 Å². The van der Waals surface area contributed by atoms with Gasteiger partial charge in [0, 0.05) is 77.9 Å². The van der Waals surface area contributed by atoms with Gasteiger partial charge in [-0.3, -0.25) is 27.0 Å². The van der Waals surface area contributed by atoms with E-state index in [2.05, 4.69) is 143 Å². The molecule has 1 aliphatic heterocycles. The number of hydrogen-bond donors (Lipinski definition) is 1. The van der Waals surface area contributed by atoms with Gasteiger partial charge in [0.15, 0.2) is 0 Å². The minimum atomic E-state index is -0.417. The van der Waals surface area contributed by atoms with Crippen molar-refractivity contribution in [2.24, 2.45) is 34.0 Å². The Bertz CT molecular complexity index is 2610. The number of methoxy groups -OCH3 is 1. The first-order valence-electron chi connectivity index (χ1n) is 28.9. The molecule has 3 aromatic rings. The van der Waals surface area contributed by atoms with Gasteiger partial charge in [0.25, 0.3) is 0 Å². The molecule has 1 heterocycles. The Hall–Kier alpha value is -2.06. The fraction of sp³-hybridized carbons (Fsp3) is 0.657. The number of aliphatic hydroxyl groups excluding tert-OH is 1. The number of ketones is 1. The summed E-state index contributed by atoms with van der Waals surface area (Å²) in [6.07, 6.45) is 21.3. The van der Waals surface area contributed by atoms with Crippen LogP contribution in [0.25, 0.3) is 0 Å². The molecule has 0 spiro atoms. The van der Waals surface area contributed by atoms with Crippen molar-refractivity contribution in [3.05, 3.63) is 104 Å². The second kappa shape index (κ2) is 26.0. The normalized spacial score (nSPS) is 31.3. The van der Waals surface area contributed by atoms with E-state index in [4.69, 9.17) is 4.74 Å². The minimum Gasteiger partial charge on any atom is -0.541 e. The van der Waals surface area contributed by atoms with E-state index in [1.807, 2.05) is 0 Å². The molecule has 3 saturated carbocycles. The summed E-state index contributed by atoms with van der Waals surface area (Å²) in [6.45, 7) is 29.6. The number of fused-ring (bicyclic) bond motifs is 9. The van der Waals surface area contributed by atoms with E-state index in [1.165, 1.54) is 68.5 Å². The quantitative estimate of drug-likeness (QED) is 0.128. The van der Waals surface area contributed by atoms with E-state index >= 15 is 0 Å². The number of ether oxygens (including phenoxy) is 2. The van der Waals surface area contributed by atoms with Crippen LogP contribution in [0.4, 0.5) is 0 Å². The molecule has 6 aliphatic carbocycles. The summed E-state index contributed by atoms with van der Waals surface area (Å²) in [5, 5.41) is 9.84. The predicted molar refractivity (Wildman–Crippen MR) is 299 cm³/mol. The Balaban J connectivity index is 0.000000199. The first-order chi connectivity index (χ1) is 35.3. The van der Waals surface area contributed by atoms with Crippen molar-refractivity contribution in [2.75, 3.05) is 7.11 Å². The minimum absolute atomic E-state index is 0. The van der Waals surface area contributed by atoms with Gasteiger partial charge in [0.05, 0.1) is 13.2 Å². The SMILES string of the molecule is CC(C)c1cc2c(cc1CO)C1(C)CCCC(C)([C-]=O)C1CC2.CC(C)c1ccc2c(c1)CCC1C(C)([C-]=O)CCCC21C.COCc1cc2c(cc1C(C)C)CCC1C(C)(C(C)=O)CCCC21C.O=C1CC(=O)O1.[Y].[Y]. The van der Waals surface area contributed by atoms with Crippen LogP contribution in [-0.4, -0.2) is 42.5 Å². The Kier molecular flexibility index (Phi) is 22.2. The van der Waals surface area contributed by atoms with Gasteiger partial charge in [-0.15, -0.1) is 10.8 Å². The number of Topliss-reactive ketones (excluding diaryl/α,β-unsaturated/α-hetero) is 1. The predicted octanol–water partition coefficient (Wildman–Crippen LogP) is 14.4. The number of rotatable bonds is 9. The Morgan fingerprint density at radius 1 is 0.610 bits per heavy atom. The average molecular weight is 1200 g/mol. The summed E-state index contributed by atoms with van der Waals surface area (Å²) in [7, 11) is 1.78. The van der Waals surface area contributed by atoms with Crippen LogP contribution in [0.5, 0.6) is 0 Å². The van der Waals surface area contributed by atoms with E-state index in [0.717, 1.165) is 89.0 Å². The number of cyclic esters (lactones) is 2. The maximum atomic E-state index is 12.5. The second-order valence-corrected chi connectivity index (χ2v) is 26.5. The Morgan fingerprint density at radius 3 is 1.43 bits per heavy atom. The van der Waals surface area contributed by atoms with E-state index in [0.29, 0.717) is 47.9 Å². The third-order valence-corrected chi connectivity index (χ3v) is 20.8. The van der Waals surface area contributed by atoms with Crippen LogP contribution in [0, 0.1) is 34.0 Å². The van der Waals surface area contributed by atoms with Crippen LogP contribution in [-0.2, 0) is 148 Å². The molecule has 3 aromatic carbocycles. The second-order valence-electron chi connectivity index (χ2n) is 26.5. The van der Waals surface area contributed by atoms with Crippen molar-refractivity contribution < 1.29 is 104 Å². The first-order valence-corrected chi connectivity index (χ1v) is 28.9. The van der Waals surface area contributed by atoms with Gasteiger partial charge in [-0.25, -0.2) is 0 Å².